The number of hydrogen-bond donors (Lipinski definition) is 2. The lowest BCUT2D eigenvalue weighted by atomic mass is 10.0. The number of ketones is 1. The molecule has 3 rings (SSSR count). The molecule has 0 spiro atoms. The summed E-state index contributed by atoms with van der Waals surface area (Å²) in [5, 5.41) is 1.90. The fraction of sp³-hybridized carbons (Fsp3) is 0. The Morgan fingerprint density at radius 3 is 2.52 bits per heavy atom. The Hall–Kier alpha value is -1.68. The zero-order chi connectivity index (χ0) is 15.1. The van der Waals surface area contributed by atoms with Gasteiger partial charge in [-0.05, 0) is 30.3 Å². The van der Waals surface area contributed by atoms with Gasteiger partial charge in [0.25, 0.3) is 0 Å². The predicted molar refractivity (Wildman–Crippen MR) is 87.6 cm³/mol. The van der Waals surface area contributed by atoms with Crippen molar-refractivity contribution in [2.45, 2.75) is 0 Å². The summed E-state index contributed by atoms with van der Waals surface area (Å²) in [6.07, 6.45) is 1.61. The highest BCUT2D eigenvalue weighted by Crippen LogP contribution is 2.32. The predicted octanol–water partition coefficient (Wildman–Crippen LogP) is 4.94. The zero-order valence-corrected chi connectivity index (χ0v) is 12.9. The average Bonchev–Trinajstić information content (AvgIpc) is 2.85. The highest BCUT2D eigenvalue weighted by molar-refractivity contribution is 6.40. The third-order valence-electron chi connectivity index (χ3n) is 3.20. The molecule has 0 radical (unpaired) electrons. The number of carbonyl (C=O) groups excluding carboxylic acids is 1. The van der Waals surface area contributed by atoms with Crippen LogP contribution in [0.5, 0.6) is 0 Å². The Bertz CT molecular complexity index is 871. The van der Waals surface area contributed by atoms with Crippen molar-refractivity contribution < 1.29 is 4.79 Å². The highest BCUT2D eigenvalue weighted by Gasteiger charge is 2.17. The highest BCUT2D eigenvalue weighted by atomic mass is 35.5. The van der Waals surface area contributed by atoms with Crippen molar-refractivity contribution in [1.29, 1.82) is 0 Å². The number of benzene rings is 2. The number of rotatable bonds is 2. The molecule has 2 aromatic carbocycles. The minimum atomic E-state index is -0.188. The molecule has 0 aliphatic carbocycles. The maximum atomic E-state index is 12.6. The molecule has 0 fully saturated rings. The Labute approximate surface area is 135 Å². The summed E-state index contributed by atoms with van der Waals surface area (Å²) in [5.41, 5.74) is 7.70. The maximum Gasteiger partial charge on any atom is 0.195 e. The fourth-order valence-corrected chi connectivity index (χ4v) is 2.96. The molecule has 0 saturated heterocycles. The molecule has 0 atom stereocenters. The second-order valence-corrected chi connectivity index (χ2v) is 5.83. The van der Waals surface area contributed by atoms with Gasteiger partial charge in [0.1, 0.15) is 0 Å². The first-order valence-electron chi connectivity index (χ1n) is 6.03. The van der Waals surface area contributed by atoms with Crippen molar-refractivity contribution in [3.8, 4) is 0 Å². The Kier molecular flexibility index (Phi) is 3.57. The van der Waals surface area contributed by atoms with Crippen molar-refractivity contribution >= 4 is 57.2 Å². The van der Waals surface area contributed by atoms with Crippen LogP contribution in [0.15, 0.2) is 36.5 Å². The Morgan fingerprint density at radius 1 is 1.05 bits per heavy atom. The smallest absolute Gasteiger partial charge is 0.195 e. The molecule has 0 aliphatic rings. The van der Waals surface area contributed by atoms with E-state index >= 15 is 0 Å². The summed E-state index contributed by atoms with van der Waals surface area (Å²) in [5.74, 6) is -0.188. The molecule has 0 bridgehead atoms. The van der Waals surface area contributed by atoms with Crippen LogP contribution in [-0.2, 0) is 0 Å². The normalized spacial score (nSPS) is 11.0. The first-order chi connectivity index (χ1) is 9.97. The molecule has 21 heavy (non-hydrogen) atoms. The van der Waals surface area contributed by atoms with Gasteiger partial charge in [-0.2, -0.15) is 0 Å². The topological polar surface area (TPSA) is 58.9 Å². The van der Waals surface area contributed by atoms with Gasteiger partial charge < -0.3 is 10.7 Å². The molecule has 1 aromatic heterocycles. The van der Waals surface area contributed by atoms with E-state index in [1.54, 1.807) is 36.5 Å². The number of fused-ring (bicyclic) bond motifs is 1. The van der Waals surface area contributed by atoms with Gasteiger partial charge in [-0.15, -0.1) is 0 Å². The third-order valence-corrected chi connectivity index (χ3v) is 4.05. The largest absolute Gasteiger partial charge is 0.398 e. The van der Waals surface area contributed by atoms with E-state index < -0.39 is 0 Å². The van der Waals surface area contributed by atoms with E-state index in [-0.39, 0.29) is 5.78 Å². The number of nitrogens with two attached hydrogens (primary N) is 1. The van der Waals surface area contributed by atoms with Gasteiger partial charge in [0.15, 0.2) is 5.78 Å². The molecule has 6 heteroatoms. The molecule has 3 N–H and O–H groups in total. The molecule has 106 valence electrons. The van der Waals surface area contributed by atoms with Gasteiger partial charge in [0, 0.05) is 33.2 Å². The quantitative estimate of drug-likeness (QED) is 0.513. The number of aromatic amines is 1. The van der Waals surface area contributed by atoms with Gasteiger partial charge in [-0.25, -0.2) is 0 Å². The molecule has 0 amide bonds. The summed E-state index contributed by atoms with van der Waals surface area (Å²) in [6, 6.07) is 8.10. The maximum absolute atomic E-state index is 12.6. The van der Waals surface area contributed by atoms with E-state index in [2.05, 4.69) is 4.98 Å². The van der Waals surface area contributed by atoms with Gasteiger partial charge in [-0.1, -0.05) is 34.8 Å². The minimum Gasteiger partial charge on any atom is -0.398 e. The molecule has 3 aromatic rings. The van der Waals surface area contributed by atoms with E-state index in [1.165, 1.54) is 0 Å². The van der Waals surface area contributed by atoms with Crippen LogP contribution in [-0.4, -0.2) is 10.8 Å². The number of H-pyrrole nitrogens is 1. The standard InChI is InChI=1S/C15H9Cl3N2O/c16-8-4-11(18)14-9(6-20-13(14)5-8)15(21)7-1-2-12(19)10(17)3-7/h1-6,20H,19H2. The number of carbonyl (C=O) groups is 1. The summed E-state index contributed by atoms with van der Waals surface area (Å²) < 4.78 is 0. The lowest BCUT2D eigenvalue weighted by molar-refractivity contribution is 0.104. The zero-order valence-electron chi connectivity index (χ0n) is 10.6. The number of nitrogens with one attached hydrogen (secondary N) is 1. The minimum absolute atomic E-state index is 0.188. The van der Waals surface area contributed by atoms with Gasteiger partial charge >= 0.3 is 0 Å². The van der Waals surface area contributed by atoms with Crippen molar-refractivity contribution in [1.82, 2.24) is 4.98 Å². The molecule has 0 saturated carbocycles. The summed E-state index contributed by atoms with van der Waals surface area (Å²) in [4.78, 5) is 15.6. The number of halogens is 3. The van der Waals surface area contributed by atoms with Crippen LogP contribution < -0.4 is 5.73 Å². The van der Waals surface area contributed by atoms with Crippen LogP contribution in [0.2, 0.25) is 15.1 Å². The molecular formula is C15H9Cl3N2O. The number of hydrogen-bond acceptors (Lipinski definition) is 2. The van der Waals surface area contributed by atoms with E-state index in [4.69, 9.17) is 40.5 Å². The number of nitrogen functional groups attached to an aromatic ring is 1. The van der Waals surface area contributed by atoms with E-state index in [9.17, 15) is 4.79 Å². The molecule has 1 heterocycles. The first-order valence-corrected chi connectivity index (χ1v) is 7.16. The van der Waals surface area contributed by atoms with Crippen LogP contribution in [0.25, 0.3) is 10.9 Å². The molecule has 0 aliphatic heterocycles. The lowest BCUT2D eigenvalue weighted by Crippen LogP contribution is -2.01. The SMILES string of the molecule is Nc1ccc(C(=O)c2c[nH]c3cc(Cl)cc(Cl)c23)cc1Cl. The van der Waals surface area contributed by atoms with Gasteiger partial charge in [0.2, 0.25) is 0 Å². The van der Waals surface area contributed by atoms with E-state index in [0.29, 0.717) is 42.8 Å². The van der Waals surface area contributed by atoms with Crippen molar-refractivity contribution in [2.75, 3.05) is 5.73 Å². The first kappa shape index (κ1) is 14.3. The third kappa shape index (κ3) is 2.48. The fourth-order valence-electron chi connectivity index (χ4n) is 2.19. The van der Waals surface area contributed by atoms with Crippen LogP contribution in [0.1, 0.15) is 15.9 Å². The summed E-state index contributed by atoms with van der Waals surface area (Å²) in [7, 11) is 0. The number of aromatic nitrogens is 1. The van der Waals surface area contributed by atoms with E-state index in [1.807, 2.05) is 0 Å². The second kappa shape index (κ2) is 5.26. The van der Waals surface area contributed by atoms with E-state index in [0.717, 1.165) is 0 Å². The summed E-state index contributed by atoms with van der Waals surface area (Å²) >= 11 is 18.1. The number of anilines is 1. The Balaban J connectivity index is 2.16. The van der Waals surface area contributed by atoms with Crippen LogP contribution in [0.4, 0.5) is 5.69 Å². The van der Waals surface area contributed by atoms with Crippen LogP contribution >= 0.6 is 34.8 Å². The molecule has 0 unspecified atom stereocenters. The van der Waals surface area contributed by atoms with Gasteiger partial charge in [-0.3, -0.25) is 4.79 Å². The van der Waals surface area contributed by atoms with Gasteiger partial charge in [0.05, 0.1) is 15.7 Å². The monoisotopic (exact) mass is 338 g/mol. The van der Waals surface area contributed by atoms with Crippen LogP contribution in [0.3, 0.4) is 0 Å². The summed E-state index contributed by atoms with van der Waals surface area (Å²) in [6.45, 7) is 0. The van der Waals surface area contributed by atoms with Crippen molar-refractivity contribution in [2.24, 2.45) is 0 Å². The Morgan fingerprint density at radius 2 is 1.81 bits per heavy atom. The molecular weight excluding hydrogens is 331 g/mol. The second-order valence-electron chi connectivity index (χ2n) is 4.58. The van der Waals surface area contributed by atoms with Crippen molar-refractivity contribution in [3.05, 3.63) is 62.7 Å². The molecule has 3 nitrogen and oxygen atoms in total. The lowest BCUT2D eigenvalue weighted by Gasteiger charge is -2.04. The van der Waals surface area contributed by atoms with Crippen molar-refractivity contribution in [3.63, 3.8) is 0 Å². The van der Waals surface area contributed by atoms with Crippen LogP contribution in [0, 0.1) is 0 Å². The average molecular weight is 340 g/mol.